The standard InChI is InChI=1S/C14H24O3Si/c1-4-15-18(16-5-2,17-6-3)13-9-12-14-10-7-8-11-14/h7H,4-6,9-10,12-13H2,1-3H3. The summed E-state index contributed by atoms with van der Waals surface area (Å²) in [7, 11) is -2.44. The number of hydrogen-bond acceptors (Lipinski definition) is 3. The van der Waals surface area contributed by atoms with Crippen LogP contribution >= 0.6 is 0 Å². The third kappa shape index (κ3) is 4.95. The lowest BCUT2D eigenvalue weighted by Crippen LogP contribution is -2.45. The SMILES string of the molecule is CCO[Si](CCCC1=C=C=CC1)(OCC)OCC. The molecule has 0 amide bonds. The summed E-state index contributed by atoms with van der Waals surface area (Å²) in [4.78, 5) is 0. The molecule has 0 saturated carbocycles. The molecular weight excluding hydrogens is 244 g/mol. The highest BCUT2D eigenvalue weighted by atomic mass is 28.4. The molecule has 0 atom stereocenters. The first-order valence-corrected chi connectivity index (χ1v) is 8.79. The van der Waals surface area contributed by atoms with Crippen LogP contribution in [0.15, 0.2) is 23.1 Å². The molecule has 0 saturated heterocycles. The van der Waals surface area contributed by atoms with Gasteiger partial charge in [0.1, 0.15) is 0 Å². The summed E-state index contributed by atoms with van der Waals surface area (Å²) in [5.74, 6) is 0. The summed E-state index contributed by atoms with van der Waals surface area (Å²) in [6, 6.07) is 0.883. The minimum atomic E-state index is -2.44. The van der Waals surface area contributed by atoms with E-state index in [9.17, 15) is 0 Å². The molecule has 1 rings (SSSR count). The van der Waals surface area contributed by atoms with E-state index in [1.54, 1.807) is 0 Å². The Morgan fingerprint density at radius 2 is 1.72 bits per heavy atom. The molecule has 0 aromatic carbocycles. The van der Waals surface area contributed by atoms with Crippen LogP contribution in [0.5, 0.6) is 0 Å². The molecule has 0 spiro atoms. The van der Waals surface area contributed by atoms with Gasteiger partial charge in [0.25, 0.3) is 0 Å². The smallest absolute Gasteiger partial charge is 0.374 e. The molecule has 3 nitrogen and oxygen atoms in total. The van der Waals surface area contributed by atoms with E-state index in [2.05, 4.69) is 11.5 Å². The van der Waals surface area contributed by atoms with Gasteiger partial charge in [-0.05, 0) is 45.3 Å². The van der Waals surface area contributed by atoms with E-state index in [4.69, 9.17) is 13.3 Å². The Morgan fingerprint density at radius 1 is 1.11 bits per heavy atom. The van der Waals surface area contributed by atoms with Crippen LogP contribution in [0, 0.1) is 0 Å². The molecule has 4 heteroatoms. The lowest BCUT2D eigenvalue weighted by Gasteiger charge is -2.28. The van der Waals surface area contributed by atoms with Gasteiger partial charge in [0.15, 0.2) is 0 Å². The molecule has 0 N–H and O–H groups in total. The van der Waals surface area contributed by atoms with Gasteiger partial charge in [0.05, 0.1) is 0 Å². The van der Waals surface area contributed by atoms with Crippen molar-refractivity contribution in [1.82, 2.24) is 0 Å². The second kappa shape index (κ2) is 8.49. The van der Waals surface area contributed by atoms with Crippen molar-refractivity contribution in [3.8, 4) is 0 Å². The van der Waals surface area contributed by atoms with Crippen LogP contribution in [0.2, 0.25) is 6.04 Å². The molecular formula is C14H24O3Si. The minimum absolute atomic E-state index is 0.649. The zero-order chi connectivity index (χ0) is 13.3. The van der Waals surface area contributed by atoms with Crippen molar-refractivity contribution in [1.29, 1.82) is 0 Å². The van der Waals surface area contributed by atoms with Crippen molar-refractivity contribution >= 4 is 8.80 Å². The maximum absolute atomic E-state index is 5.82. The normalized spacial score (nSPS) is 14.3. The molecule has 0 fully saturated rings. The van der Waals surface area contributed by atoms with E-state index in [1.807, 2.05) is 26.8 Å². The maximum Gasteiger partial charge on any atom is 0.500 e. The highest BCUT2D eigenvalue weighted by Gasteiger charge is 2.39. The monoisotopic (exact) mass is 268 g/mol. The van der Waals surface area contributed by atoms with E-state index in [-0.39, 0.29) is 0 Å². The van der Waals surface area contributed by atoms with Gasteiger partial charge in [0.2, 0.25) is 0 Å². The first kappa shape index (κ1) is 15.5. The lowest BCUT2D eigenvalue weighted by atomic mass is 10.1. The van der Waals surface area contributed by atoms with Crippen molar-refractivity contribution in [2.75, 3.05) is 19.8 Å². The van der Waals surface area contributed by atoms with Gasteiger partial charge < -0.3 is 13.3 Å². The van der Waals surface area contributed by atoms with Gasteiger partial charge in [0, 0.05) is 32.3 Å². The van der Waals surface area contributed by atoms with Crippen LogP contribution in [0.1, 0.15) is 40.0 Å². The fourth-order valence-electron chi connectivity index (χ4n) is 2.06. The zero-order valence-corrected chi connectivity index (χ0v) is 12.8. The lowest BCUT2D eigenvalue weighted by molar-refractivity contribution is 0.0708. The molecule has 18 heavy (non-hydrogen) atoms. The summed E-state index contributed by atoms with van der Waals surface area (Å²) in [6.07, 6.45) is 5.08. The largest absolute Gasteiger partial charge is 0.500 e. The second-order valence-corrected chi connectivity index (χ2v) is 6.85. The Kier molecular flexibility index (Phi) is 7.29. The summed E-state index contributed by atoms with van der Waals surface area (Å²) in [5.41, 5.74) is 7.47. The minimum Gasteiger partial charge on any atom is -0.374 e. The van der Waals surface area contributed by atoms with Crippen LogP contribution in [-0.2, 0) is 13.3 Å². The molecule has 0 aromatic rings. The van der Waals surface area contributed by atoms with Crippen molar-refractivity contribution in [2.24, 2.45) is 0 Å². The summed E-state index contributed by atoms with van der Waals surface area (Å²) >= 11 is 0. The molecule has 0 unspecified atom stereocenters. The number of allylic oxidation sites excluding steroid dienone is 2. The number of rotatable bonds is 10. The van der Waals surface area contributed by atoms with Gasteiger partial charge in [-0.15, -0.1) is 0 Å². The molecule has 0 radical (unpaired) electrons. The van der Waals surface area contributed by atoms with Crippen molar-refractivity contribution < 1.29 is 13.3 Å². The average molecular weight is 268 g/mol. The highest BCUT2D eigenvalue weighted by Crippen LogP contribution is 2.22. The Hall–Kier alpha value is -0.603. The predicted octanol–water partition coefficient (Wildman–Crippen LogP) is 3.46. The molecule has 0 aliphatic heterocycles. The van der Waals surface area contributed by atoms with Crippen LogP contribution in [0.25, 0.3) is 0 Å². The van der Waals surface area contributed by atoms with Gasteiger partial charge in [-0.2, -0.15) is 0 Å². The molecule has 0 aromatic heterocycles. The summed E-state index contributed by atoms with van der Waals surface area (Å²) in [5, 5.41) is 0. The topological polar surface area (TPSA) is 27.7 Å². The van der Waals surface area contributed by atoms with Crippen LogP contribution in [0.3, 0.4) is 0 Å². The van der Waals surface area contributed by atoms with Crippen molar-refractivity contribution in [3.63, 3.8) is 0 Å². The summed E-state index contributed by atoms with van der Waals surface area (Å²) in [6.45, 7) is 7.92. The third-order valence-electron chi connectivity index (χ3n) is 2.75. The van der Waals surface area contributed by atoms with Gasteiger partial charge in [-0.25, -0.2) is 0 Å². The Labute approximate surface area is 112 Å². The fourth-order valence-corrected chi connectivity index (χ4v) is 4.67. The Balaban J connectivity index is 2.47. The van der Waals surface area contributed by atoms with E-state index >= 15 is 0 Å². The van der Waals surface area contributed by atoms with Crippen LogP contribution in [-0.4, -0.2) is 28.6 Å². The molecule has 0 heterocycles. The quantitative estimate of drug-likeness (QED) is 0.448. The maximum atomic E-state index is 5.82. The first-order chi connectivity index (χ1) is 8.76. The molecule has 1 aliphatic rings. The Morgan fingerprint density at radius 3 is 2.17 bits per heavy atom. The molecule has 102 valence electrons. The van der Waals surface area contributed by atoms with E-state index in [0.717, 1.165) is 25.3 Å². The van der Waals surface area contributed by atoms with E-state index in [1.165, 1.54) is 5.57 Å². The van der Waals surface area contributed by atoms with Gasteiger partial charge >= 0.3 is 8.80 Å². The van der Waals surface area contributed by atoms with Crippen LogP contribution in [0.4, 0.5) is 0 Å². The van der Waals surface area contributed by atoms with Crippen LogP contribution < -0.4 is 0 Å². The summed E-state index contributed by atoms with van der Waals surface area (Å²) < 4.78 is 17.4. The van der Waals surface area contributed by atoms with Crippen molar-refractivity contribution in [3.05, 3.63) is 23.1 Å². The Bertz CT molecular complexity index is 322. The van der Waals surface area contributed by atoms with Gasteiger partial charge in [-0.3, -0.25) is 0 Å². The van der Waals surface area contributed by atoms with E-state index in [0.29, 0.717) is 19.8 Å². The van der Waals surface area contributed by atoms with Crippen molar-refractivity contribution in [2.45, 2.75) is 46.1 Å². The van der Waals surface area contributed by atoms with Gasteiger partial charge in [-0.1, -0.05) is 11.5 Å². The van der Waals surface area contributed by atoms with E-state index < -0.39 is 8.80 Å². The molecule has 0 bridgehead atoms. The zero-order valence-electron chi connectivity index (χ0n) is 11.8. The fraction of sp³-hybridized carbons (Fsp3) is 0.714. The predicted molar refractivity (Wildman–Crippen MR) is 74.4 cm³/mol. The molecule has 1 aliphatic carbocycles. The average Bonchev–Trinajstić information content (AvgIpc) is 2.83. The third-order valence-corrected chi connectivity index (χ3v) is 5.91. The number of hydrogen-bond donors (Lipinski definition) is 0. The first-order valence-electron chi connectivity index (χ1n) is 6.86. The highest BCUT2D eigenvalue weighted by molar-refractivity contribution is 6.60. The second-order valence-electron chi connectivity index (χ2n) is 4.12.